The predicted molar refractivity (Wildman–Crippen MR) is 81.7 cm³/mol. The van der Waals surface area contributed by atoms with Crippen LogP contribution in [0.5, 0.6) is 0 Å². The Labute approximate surface area is 131 Å². The average molecular weight is 324 g/mol. The van der Waals surface area contributed by atoms with Gasteiger partial charge in [-0.25, -0.2) is 4.98 Å². The van der Waals surface area contributed by atoms with Gasteiger partial charge >= 0.3 is 0 Å². The Kier molecular flexibility index (Phi) is 3.88. The molecule has 1 aromatic heterocycles. The molecule has 0 spiro atoms. The summed E-state index contributed by atoms with van der Waals surface area (Å²) in [5.41, 5.74) is 1.66. The number of aromatic nitrogens is 3. The molecule has 6 nitrogen and oxygen atoms in total. The molecule has 8 heteroatoms. The molecule has 2 heterocycles. The zero-order valence-corrected chi connectivity index (χ0v) is 13.1. The first-order valence-corrected chi connectivity index (χ1v) is 7.72. The summed E-state index contributed by atoms with van der Waals surface area (Å²) in [6.07, 6.45) is 0. The van der Waals surface area contributed by atoms with Gasteiger partial charge in [0, 0.05) is 16.1 Å². The maximum atomic E-state index is 12.0. The standard InChI is InChI=1S/C13H14ClN5OS/c1-3-15-11-7-4-8(14)10(5-9(7)17-12(11)20)21-13-16-6(2)18-19-13/h4-5,11,15H,3H2,1-2H3,(H,17,20)(H,16,18,19). The van der Waals surface area contributed by atoms with Gasteiger partial charge in [-0.3, -0.25) is 9.89 Å². The number of nitrogens with zero attached hydrogens (tertiary/aromatic N) is 2. The van der Waals surface area contributed by atoms with Crippen LogP contribution in [0.1, 0.15) is 24.4 Å². The van der Waals surface area contributed by atoms with E-state index < -0.39 is 0 Å². The second-order valence-electron chi connectivity index (χ2n) is 4.66. The van der Waals surface area contributed by atoms with Crippen molar-refractivity contribution in [2.75, 3.05) is 11.9 Å². The van der Waals surface area contributed by atoms with Gasteiger partial charge in [0.05, 0.1) is 5.02 Å². The molecule has 3 N–H and O–H groups in total. The van der Waals surface area contributed by atoms with E-state index in [4.69, 9.17) is 11.6 Å². The number of H-pyrrole nitrogens is 1. The van der Waals surface area contributed by atoms with Crippen LogP contribution in [-0.2, 0) is 4.79 Å². The number of nitrogens with one attached hydrogen (secondary N) is 3. The first kappa shape index (κ1) is 14.4. The van der Waals surface area contributed by atoms with Crippen molar-refractivity contribution in [2.45, 2.75) is 29.9 Å². The normalized spacial score (nSPS) is 16.9. The van der Waals surface area contributed by atoms with Crippen molar-refractivity contribution in [2.24, 2.45) is 0 Å². The zero-order chi connectivity index (χ0) is 15.0. The molecular weight excluding hydrogens is 310 g/mol. The number of carbonyl (C=O) groups is 1. The Balaban J connectivity index is 1.92. The molecule has 110 valence electrons. The third-order valence-electron chi connectivity index (χ3n) is 3.12. The van der Waals surface area contributed by atoms with Crippen molar-refractivity contribution in [1.82, 2.24) is 20.5 Å². The molecule has 0 radical (unpaired) electrons. The lowest BCUT2D eigenvalue weighted by molar-refractivity contribution is -0.117. The molecule has 0 saturated carbocycles. The summed E-state index contributed by atoms with van der Waals surface area (Å²) in [4.78, 5) is 17.0. The maximum Gasteiger partial charge on any atom is 0.246 e. The van der Waals surface area contributed by atoms with Gasteiger partial charge in [0.25, 0.3) is 0 Å². The van der Waals surface area contributed by atoms with Gasteiger partial charge in [-0.05, 0) is 37.4 Å². The number of hydrogen-bond donors (Lipinski definition) is 3. The molecule has 1 aromatic carbocycles. The highest BCUT2D eigenvalue weighted by Crippen LogP contribution is 2.40. The van der Waals surface area contributed by atoms with Gasteiger partial charge in [-0.2, -0.15) is 0 Å². The van der Waals surface area contributed by atoms with Gasteiger partial charge in [0.2, 0.25) is 11.1 Å². The topological polar surface area (TPSA) is 82.7 Å². The van der Waals surface area contributed by atoms with E-state index in [1.54, 1.807) is 0 Å². The van der Waals surface area contributed by atoms with Gasteiger partial charge < -0.3 is 10.6 Å². The third-order valence-corrected chi connectivity index (χ3v) is 4.47. The molecule has 1 aliphatic rings. The van der Waals surface area contributed by atoms with Crippen LogP contribution >= 0.6 is 23.4 Å². The summed E-state index contributed by atoms with van der Waals surface area (Å²) in [5, 5.41) is 14.1. The van der Waals surface area contributed by atoms with Crippen LogP contribution in [-0.4, -0.2) is 27.6 Å². The highest BCUT2D eigenvalue weighted by atomic mass is 35.5. The van der Waals surface area contributed by atoms with Crippen LogP contribution in [0.15, 0.2) is 22.2 Å². The van der Waals surface area contributed by atoms with Crippen LogP contribution < -0.4 is 10.6 Å². The van der Waals surface area contributed by atoms with Gasteiger partial charge in [-0.1, -0.05) is 18.5 Å². The van der Waals surface area contributed by atoms with E-state index in [1.165, 1.54) is 11.8 Å². The largest absolute Gasteiger partial charge is 0.324 e. The Morgan fingerprint density at radius 2 is 2.29 bits per heavy atom. The fourth-order valence-corrected chi connectivity index (χ4v) is 3.30. The minimum Gasteiger partial charge on any atom is -0.324 e. The Bertz CT molecular complexity index is 702. The number of aryl methyl sites for hydroxylation is 1. The number of fused-ring (bicyclic) bond motifs is 1. The third kappa shape index (κ3) is 2.76. The van der Waals surface area contributed by atoms with E-state index >= 15 is 0 Å². The number of aromatic amines is 1. The van der Waals surface area contributed by atoms with E-state index in [-0.39, 0.29) is 11.9 Å². The van der Waals surface area contributed by atoms with Crippen molar-refractivity contribution < 1.29 is 4.79 Å². The number of carbonyl (C=O) groups excluding carboxylic acids is 1. The molecule has 0 aliphatic carbocycles. The molecule has 1 aliphatic heterocycles. The minimum absolute atomic E-state index is 0.0567. The van der Waals surface area contributed by atoms with E-state index in [9.17, 15) is 4.79 Å². The Morgan fingerprint density at radius 3 is 2.95 bits per heavy atom. The number of hydrogen-bond acceptors (Lipinski definition) is 5. The smallest absolute Gasteiger partial charge is 0.246 e. The van der Waals surface area contributed by atoms with Gasteiger partial charge in [0.1, 0.15) is 11.9 Å². The highest BCUT2D eigenvalue weighted by Gasteiger charge is 2.30. The quantitative estimate of drug-likeness (QED) is 0.805. The van der Waals surface area contributed by atoms with E-state index in [0.29, 0.717) is 16.7 Å². The van der Waals surface area contributed by atoms with Crippen molar-refractivity contribution in [3.05, 3.63) is 28.5 Å². The molecular formula is C13H14ClN5OS. The van der Waals surface area contributed by atoms with Crippen LogP contribution in [0.25, 0.3) is 0 Å². The molecule has 1 amide bonds. The molecule has 21 heavy (non-hydrogen) atoms. The van der Waals surface area contributed by atoms with E-state index in [1.807, 2.05) is 26.0 Å². The number of anilines is 1. The average Bonchev–Trinajstić information content (AvgIpc) is 2.96. The number of amides is 1. The number of rotatable bonds is 4. The van der Waals surface area contributed by atoms with Crippen LogP contribution in [0.2, 0.25) is 5.02 Å². The SMILES string of the molecule is CCNC1C(=O)Nc2cc(Sc3n[nH]c(C)n3)c(Cl)cc21. The lowest BCUT2D eigenvalue weighted by Crippen LogP contribution is -2.27. The van der Waals surface area contributed by atoms with Gasteiger partial charge in [-0.15, -0.1) is 5.10 Å². The van der Waals surface area contributed by atoms with Crippen molar-refractivity contribution in [1.29, 1.82) is 0 Å². The molecule has 0 bridgehead atoms. The van der Waals surface area contributed by atoms with Crippen LogP contribution in [0, 0.1) is 6.92 Å². The van der Waals surface area contributed by atoms with E-state index in [0.717, 1.165) is 22.0 Å². The highest BCUT2D eigenvalue weighted by molar-refractivity contribution is 7.99. The van der Waals surface area contributed by atoms with Crippen LogP contribution in [0.3, 0.4) is 0 Å². The fraction of sp³-hybridized carbons (Fsp3) is 0.308. The summed E-state index contributed by atoms with van der Waals surface area (Å²) < 4.78 is 0. The summed E-state index contributed by atoms with van der Waals surface area (Å²) >= 11 is 7.68. The summed E-state index contributed by atoms with van der Waals surface area (Å²) in [7, 11) is 0. The molecule has 3 rings (SSSR count). The summed E-state index contributed by atoms with van der Waals surface area (Å²) in [6.45, 7) is 4.51. The number of likely N-dealkylation sites (N-methyl/N-ethyl adjacent to an activating group) is 1. The lowest BCUT2D eigenvalue weighted by atomic mass is 10.1. The second kappa shape index (κ2) is 5.67. The van der Waals surface area contributed by atoms with Crippen molar-refractivity contribution >= 4 is 35.0 Å². The van der Waals surface area contributed by atoms with Gasteiger partial charge in [0.15, 0.2) is 0 Å². The predicted octanol–water partition coefficient (Wildman–Crippen LogP) is 2.52. The Morgan fingerprint density at radius 1 is 1.48 bits per heavy atom. The molecule has 0 saturated heterocycles. The minimum atomic E-state index is -0.340. The van der Waals surface area contributed by atoms with E-state index in [2.05, 4.69) is 25.8 Å². The molecule has 1 atom stereocenters. The second-order valence-corrected chi connectivity index (χ2v) is 6.07. The number of benzene rings is 1. The first-order chi connectivity index (χ1) is 10.1. The lowest BCUT2D eigenvalue weighted by Gasteiger charge is -2.10. The summed E-state index contributed by atoms with van der Waals surface area (Å²) in [6, 6.07) is 3.35. The maximum absolute atomic E-state index is 12.0. The summed E-state index contributed by atoms with van der Waals surface area (Å²) in [5.74, 6) is 0.689. The monoisotopic (exact) mass is 323 g/mol. The van der Waals surface area contributed by atoms with Crippen LogP contribution in [0.4, 0.5) is 5.69 Å². The number of halogens is 1. The first-order valence-electron chi connectivity index (χ1n) is 6.53. The zero-order valence-electron chi connectivity index (χ0n) is 11.5. The molecule has 0 fully saturated rings. The Hall–Kier alpha value is -1.57. The van der Waals surface area contributed by atoms with Crippen molar-refractivity contribution in [3.8, 4) is 0 Å². The molecule has 2 aromatic rings. The van der Waals surface area contributed by atoms with Crippen molar-refractivity contribution in [3.63, 3.8) is 0 Å². The molecule has 1 unspecified atom stereocenters. The fourth-order valence-electron chi connectivity index (χ4n) is 2.21.